The Balaban J connectivity index is 2.35. The third-order valence-corrected chi connectivity index (χ3v) is 4.26. The zero-order valence-electron chi connectivity index (χ0n) is 13.7. The average molecular weight is 309 g/mol. The van der Waals surface area contributed by atoms with Gasteiger partial charge in [-0.1, -0.05) is 18.2 Å². The van der Waals surface area contributed by atoms with E-state index in [-0.39, 0.29) is 5.56 Å². The molecule has 0 amide bonds. The molecular formula is C16H22BF2NO2. The molecule has 0 unspecified atom stereocenters. The molecule has 1 aromatic rings. The van der Waals surface area contributed by atoms with Crippen LogP contribution in [0.15, 0.2) is 23.7 Å². The molecule has 1 heterocycles. The molecule has 0 aromatic heterocycles. The van der Waals surface area contributed by atoms with Crippen LogP contribution in [0.4, 0.5) is 8.78 Å². The van der Waals surface area contributed by atoms with E-state index in [0.717, 1.165) is 6.07 Å². The van der Waals surface area contributed by atoms with Gasteiger partial charge in [0.05, 0.1) is 11.2 Å². The predicted molar refractivity (Wildman–Crippen MR) is 84.3 cm³/mol. The summed E-state index contributed by atoms with van der Waals surface area (Å²) in [6, 6.07) is 4.10. The minimum Gasteiger partial charge on any atom is -0.400 e. The monoisotopic (exact) mass is 309 g/mol. The first-order valence-electron chi connectivity index (χ1n) is 7.32. The zero-order valence-corrected chi connectivity index (χ0v) is 13.7. The fraction of sp³-hybridized carbons (Fsp3) is 0.500. The van der Waals surface area contributed by atoms with E-state index >= 15 is 0 Å². The van der Waals surface area contributed by atoms with Gasteiger partial charge in [-0.25, -0.2) is 8.78 Å². The van der Waals surface area contributed by atoms with Gasteiger partial charge in [0.25, 0.3) is 0 Å². The van der Waals surface area contributed by atoms with Crippen LogP contribution in [0.25, 0.3) is 6.08 Å². The van der Waals surface area contributed by atoms with Crippen molar-refractivity contribution in [1.29, 1.82) is 0 Å². The molecule has 2 rings (SSSR count). The molecule has 1 N–H and O–H groups in total. The molecule has 0 bridgehead atoms. The van der Waals surface area contributed by atoms with Gasteiger partial charge < -0.3 is 14.6 Å². The molecule has 3 nitrogen and oxygen atoms in total. The highest BCUT2D eigenvalue weighted by Gasteiger charge is 2.52. The van der Waals surface area contributed by atoms with Crippen LogP contribution in [-0.4, -0.2) is 31.9 Å². The molecule has 120 valence electrons. The topological polar surface area (TPSA) is 30.5 Å². The molecule has 0 aliphatic carbocycles. The zero-order chi connectivity index (χ0) is 16.5. The summed E-state index contributed by atoms with van der Waals surface area (Å²) in [4.78, 5) is 0. The summed E-state index contributed by atoms with van der Waals surface area (Å²) in [5, 5.41) is 3.01. The van der Waals surface area contributed by atoms with E-state index in [9.17, 15) is 8.78 Å². The number of likely N-dealkylation sites (N-methyl/N-ethyl adjacent to an activating group) is 1. The highest BCUT2D eigenvalue weighted by atomic mass is 19.2. The maximum Gasteiger partial charge on any atom is 0.491 e. The average Bonchev–Trinajstić information content (AvgIpc) is 2.63. The molecular weight excluding hydrogens is 287 g/mol. The third kappa shape index (κ3) is 3.24. The number of halogens is 2. The SMILES string of the molecule is CNCC(=Cc1cccc(F)c1F)B1OC(C)(C)C(C)(C)O1. The van der Waals surface area contributed by atoms with Crippen LogP contribution in [0.5, 0.6) is 0 Å². The normalized spacial score (nSPS) is 20.5. The fourth-order valence-electron chi connectivity index (χ4n) is 2.23. The van der Waals surface area contributed by atoms with Crippen LogP contribution < -0.4 is 5.32 Å². The number of hydrogen-bond acceptors (Lipinski definition) is 3. The van der Waals surface area contributed by atoms with Crippen LogP contribution in [0.3, 0.4) is 0 Å². The molecule has 1 aliphatic rings. The summed E-state index contributed by atoms with van der Waals surface area (Å²) in [6.45, 7) is 8.26. The van der Waals surface area contributed by atoms with Gasteiger partial charge in [-0.2, -0.15) is 0 Å². The van der Waals surface area contributed by atoms with Gasteiger partial charge in [-0.05, 0) is 46.3 Å². The number of rotatable bonds is 4. The maximum atomic E-state index is 13.9. The Morgan fingerprint density at radius 1 is 1.18 bits per heavy atom. The van der Waals surface area contributed by atoms with Crippen molar-refractivity contribution in [1.82, 2.24) is 5.32 Å². The first-order valence-corrected chi connectivity index (χ1v) is 7.32. The van der Waals surface area contributed by atoms with Crippen LogP contribution in [0, 0.1) is 11.6 Å². The van der Waals surface area contributed by atoms with Gasteiger partial charge in [0, 0.05) is 12.1 Å². The predicted octanol–water partition coefficient (Wildman–Crippen LogP) is 3.20. The minimum absolute atomic E-state index is 0.181. The van der Waals surface area contributed by atoms with E-state index < -0.39 is 30.0 Å². The van der Waals surface area contributed by atoms with Crippen LogP contribution >= 0.6 is 0 Å². The summed E-state index contributed by atoms with van der Waals surface area (Å²) in [5.74, 6) is -1.74. The van der Waals surface area contributed by atoms with Crippen LogP contribution in [0.1, 0.15) is 33.3 Å². The maximum absolute atomic E-state index is 13.9. The van der Waals surface area contributed by atoms with Crippen molar-refractivity contribution in [2.45, 2.75) is 38.9 Å². The molecule has 6 heteroatoms. The minimum atomic E-state index is -0.869. The van der Waals surface area contributed by atoms with Crippen molar-refractivity contribution in [2.24, 2.45) is 0 Å². The van der Waals surface area contributed by atoms with E-state index in [4.69, 9.17) is 9.31 Å². The van der Waals surface area contributed by atoms with Gasteiger partial charge in [0.2, 0.25) is 0 Å². The smallest absolute Gasteiger partial charge is 0.400 e. The van der Waals surface area contributed by atoms with Gasteiger partial charge in [-0.3, -0.25) is 0 Å². The molecule has 0 saturated carbocycles. The van der Waals surface area contributed by atoms with Gasteiger partial charge >= 0.3 is 7.12 Å². The third-order valence-electron chi connectivity index (χ3n) is 4.26. The van der Waals surface area contributed by atoms with Gasteiger partial charge in [0.15, 0.2) is 11.6 Å². The highest BCUT2D eigenvalue weighted by molar-refractivity contribution is 6.55. The first-order chi connectivity index (χ1) is 10.2. The van der Waals surface area contributed by atoms with E-state index in [2.05, 4.69) is 5.32 Å². The standard InChI is InChI=1S/C16H22BF2NO2/c1-15(2)16(3,4)22-17(21-15)12(10-20-5)9-11-7-6-8-13(18)14(11)19/h6-9,20H,10H2,1-5H3. The molecule has 0 spiro atoms. The van der Waals surface area contributed by atoms with E-state index in [0.29, 0.717) is 12.0 Å². The lowest BCUT2D eigenvalue weighted by Crippen LogP contribution is -2.41. The summed E-state index contributed by atoms with van der Waals surface area (Å²) < 4.78 is 39.2. The Kier molecular flexibility index (Phi) is 4.75. The molecule has 1 fully saturated rings. The summed E-state index contributed by atoms with van der Waals surface area (Å²) >= 11 is 0. The Morgan fingerprint density at radius 2 is 1.77 bits per heavy atom. The van der Waals surface area contributed by atoms with Crippen LogP contribution in [0.2, 0.25) is 0 Å². The van der Waals surface area contributed by atoms with Crippen molar-refractivity contribution in [2.75, 3.05) is 13.6 Å². The second-order valence-corrected chi connectivity index (χ2v) is 6.48. The lowest BCUT2D eigenvalue weighted by molar-refractivity contribution is 0.00578. The van der Waals surface area contributed by atoms with E-state index in [1.165, 1.54) is 12.1 Å². The second kappa shape index (κ2) is 6.10. The molecule has 0 radical (unpaired) electrons. The molecule has 1 saturated heterocycles. The fourth-order valence-corrected chi connectivity index (χ4v) is 2.23. The number of nitrogens with one attached hydrogen (secondary N) is 1. The quantitative estimate of drug-likeness (QED) is 0.867. The lowest BCUT2D eigenvalue weighted by Gasteiger charge is -2.32. The van der Waals surface area contributed by atoms with Crippen molar-refractivity contribution in [3.05, 3.63) is 40.9 Å². The highest BCUT2D eigenvalue weighted by Crippen LogP contribution is 2.38. The Morgan fingerprint density at radius 3 is 2.32 bits per heavy atom. The number of benzene rings is 1. The molecule has 0 atom stereocenters. The van der Waals surface area contributed by atoms with Crippen molar-refractivity contribution in [3.63, 3.8) is 0 Å². The number of hydrogen-bond donors (Lipinski definition) is 1. The second-order valence-electron chi connectivity index (χ2n) is 6.48. The largest absolute Gasteiger partial charge is 0.491 e. The van der Waals surface area contributed by atoms with Crippen molar-refractivity contribution in [3.8, 4) is 0 Å². The van der Waals surface area contributed by atoms with Gasteiger partial charge in [0.1, 0.15) is 0 Å². The van der Waals surface area contributed by atoms with Crippen LogP contribution in [-0.2, 0) is 9.31 Å². The summed E-state index contributed by atoms with van der Waals surface area (Å²) in [5.41, 5.74) is -0.0683. The lowest BCUT2D eigenvalue weighted by atomic mass is 9.77. The van der Waals surface area contributed by atoms with E-state index in [1.54, 1.807) is 13.1 Å². The Labute approximate surface area is 130 Å². The molecule has 1 aromatic carbocycles. The first kappa shape index (κ1) is 17.1. The summed E-state index contributed by atoms with van der Waals surface area (Å²) in [7, 11) is 1.18. The van der Waals surface area contributed by atoms with Gasteiger partial charge in [-0.15, -0.1) is 0 Å². The molecule has 1 aliphatic heterocycles. The summed E-state index contributed by atoms with van der Waals surface area (Å²) in [6.07, 6.45) is 1.58. The van der Waals surface area contributed by atoms with Crippen molar-refractivity contribution >= 4 is 13.2 Å². The Bertz CT molecular complexity index is 572. The van der Waals surface area contributed by atoms with Crippen molar-refractivity contribution < 1.29 is 18.1 Å². The van der Waals surface area contributed by atoms with E-state index in [1.807, 2.05) is 27.7 Å². The molecule has 22 heavy (non-hydrogen) atoms. The Hall–Kier alpha value is -1.24.